The van der Waals surface area contributed by atoms with Crippen molar-refractivity contribution in [2.45, 2.75) is 30.8 Å². The number of hydrogen-bond acceptors (Lipinski definition) is 4. The number of anilines is 1. The van der Waals surface area contributed by atoms with Crippen LogP contribution in [0.5, 0.6) is 5.75 Å². The van der Waals surface area contributed by atoms with E-state index in [2.05, 4.69) is 47.4 Å². The Labute approximate surface area is 182 Å². The summed E-state index contributed by atoms with van der Waals surface area (Å²) in [5, 5.41) is 12.8. The molecule has 1 unspecified atom stereocenters. The third kappa shape index (κ3) is 3.15. The van der Waals surface area contributed by atoms with Gasteiger partial charge in [0.1, 0.15) is 11.3 Å². The molecule has 3 aromatic rings. The zero-order valence-corrected chi connectivity index (χ0v) is 17.6. The molecule has 0 aromatic heterocycles. The minimum absolute atomic E-state index is 0.337. The first-order chi connectivity index (χ1) is 15.2. The van der Waals surface area contributed by atoms with Gasteiger partial charge in [-0.25, -0.2) is 0 Å². The lowest BCUT2D eigenvalue weighted by Crippen LogP contribution is -2.55. The Morgan fingerprint density at radius 1 is 1.10 bits per heavy atom. The van der Waals surface area contributed by atoms with Crippen molar-refractivity contribution in [2.24, 2.45) is 0 Å². The monoisotopic (exact) mass is 411 g/mol. The molecule has 0 saturated carbocycles. The smallest absolute Gasteiger partial charge is 0.215 e. The second-order valence-corrected chi connectivity index (χ2v) is 8.44. The van der Waals surface area contributed by atoms with Crippen molar-refractivity contribution in [3.63, 3.8) is 0 Å². The van der Waals surface area contributed by atoms with Crippen LogP contribution in [-0.4, -0.2) is 37.0 Å². The quantitative estimate of drug-likeness (QED) is 0.582. The minimum Gasteiger partial charge on any atom is -0.497 e. The lowest BCUT2D eigenvalue weighted by atomic mass is 9.85. The molecule has 3 aromatic carbocycles. The molecule has 5 nitrogen and oxygen atoms in total. The Morgan fingerprint density at radius 3 is 2.45 bits per heavy atom. The fraction of sp³-hybridized carbons (Fsp3) is 0.308. The normalized spacial score (nSPS) is 19.7. The van der Waals surface area contributed by atoms with Crippen molar-refractivity contribution in [1.29, 1.82) is 5.26 Å². The molecule has 1 heterocycles. The number of likely N-dealkylation sites (tertiary alicyclic amines) is 1. The number of carbonyl (C=O) groups is 1. The number of nitriles is 1. The molecular formula is C26H25N3O2. The Bertz CT molecular complexity index is 1150. The molecule has 31 heavy (non-hydrogen) atoms. The van der Waals surface area contributed by atoms with E-state index >= 15 is 0 Å². The highest BCUT2D eigenvalue weighted by molar-refractivity contribution is 5.91. The van der Waals surface area contributed by atoms with E-state index in [1.165, 1.54) is 21.9 Å². The van der Waals surface area contributed by atoms with E-state index in [9.17, 15) is 10.1 Å². The molecule has 5 heteroatoms. The number of nitrogens with zero attached hydrogens (tertiary/aromatic N) is 3. The van der Waals surface area contributed by atoms with Gasteiger partial charge in [-0.3, -0.25) is 14.6 Å². The second-order valence-electron chi connectivity index (χ2n) is 8.44. The first kappa shape index (κ1) is 19.6. The van der Waals surface area contributed by atoms with Crippen LogP contribution < -0.4 is 9.64 Å². The maximum absolute atomic E-state index is 12.1. The van der Waals surface area contributed by atoms with E-state index in [1.54, 1.807) is 12.0 Å². The second kappa shape index (κ2) is 7.72. The predicted octanol–water partition coefficient (Wildman–Crippen LogP) is 4.47. The van der Waals surface area contributed by atoms with Crippen LogP contribution in [0.3, 0.4) is 0 Å². The van der Waals surface area contributed by atoms with Crippen molar-refractivity contribution >= 4 is 22.9 Å². The van der Waals surface area contributed by atoms with Gasteiger partial charge in [-0.1, -0.05) is 36.4 Å². The standard InChI is InChI=1S/C26H25N3O2/c1-31-22-10-8-21(9-11-22)29(18-30)26(17-27)12-14-28(15-13-26)24-16-20-6-2-4-19-5-3-7-23(24)25(19)20/h2-11,18,24H,12-16H2,1H3. The van der Waals surface area contributed by atoms with Crippen molar-refractivity contribution in [3.8, 4) is 11.8 Å². The lowest BCUT2D eigenvalue weighted by molar-refractivity contribution is -0.108. The molecule has 0 spiro atoms. The highest BCUT2D eigenvalue weighted by atomic mass is 16.5. The van der Waals surface area contributed by atoms with Gasteiger partial charge in [-0.05, 0) is 65.4 Å². The molecule has 1 saturated heterocycles. The molecule has 156 valence electrons. The molecule has 1 amide bonds. The summed E-state index contributed by atoms with van der Waals surface area (Å²) in [6.07, 6.45) is 3.05. The predicted molar refractivity (Wildman–Crippen MR) is 121 cm³/mol. The largest absolute Gasteiger partial charge is 0.497 e. The number of rotatable bonds is 5. The van der Waals surface area contributed by atoms with E-state index in [1.807, 2.05) is 24.3 Å². The number of carbonyl (C=O) groups excluding carboxylic acids is 1. The van der Waals surface area contributed by atoms with Gasteiger partial charge in [0.05, 0.1) is 13.2 Å². The van der Waals surface area contributed by atoms with Gasteiger partial charge in [-0.15, -0.1) is 0 Å². The van der Waals surface area contributed by atoms with Gasteiger partial charge in [0.15, 0.2) is 0 Å². The number of piperidine rings is 1. The Kier molecular flexibility index (Phi) is 4.88. The molecule has 0 radical (unpaired) electrons. The van der Waals surface area contributed by atoms with E-state index < -0.39 is 5.54 Å². The number of hydrogen-bond donors (Lipinski definition) is 0. The average Bonchev–Trinajstić information content (AvgIpc) is 3.21. The van der Waals surface area contributed by atoms with Crippen LogP contribution in [0, 0.1) is 11.3 Å². The van der Waals surface area contributed by atoms with Gasteiger partial charge in [0.2, 0.25) is 6.41 Å². The number of methoxy groups -OCH3 is 1. The molecular weight excluding hydrogens is 386 g/mol. The Hall–Kier alpha value is -3.36. The van der Waals surface area contributed by atoms with Crippen LogP contribution in [0.15, 0.2) is 60.7 Å². The van der Waals surface area contributed by atoms with Crippen molar-refractivity contribution in [3.05, 3.63) is 71.8 Å². The van der Waals surface area contributed by atoms with Gasteiger partial charge in [0.25, 0.3) is 0 Å². The summed E-state index contributed by atoms with van der Waals surface area (Å²) >= 11 is 0. The average molecular weight is 412 g/mol. The van der Waals surface area contributed by atoms with Gasteiger partial charge < -0.3 is 4.74 Å². The summed E-state index contributed by atoms with van der Waals surface area (Å²) in [7, 11) is 1.61. The minimum atomic E-state index is -0.829. The molecule has 1 atom stereocenters. The molecule has 0 N–H and O–H groups in total. The van der Waals surface area contributed by atoms with Gasteiger partial charge >= 0.3 is 0 Å². The molecule has 1 aliphatic carbocycles. The number of ether oxygens (including phenoxy) is 1. The van der Waals surface area contributed by atoms with Gasteiger partial charge in [0, 0.05) is 24.8 Å². The molecule has 1 fully saturated rings. The van der Waals surface area contributed by atoms with E-state index in [4.69, 9.17) is 4.74 Å². The van der Waals surface area contributed by atoms with E-state index in [0.717, 1.165) is 37.4 Å². The molecule has 0 bridgehead atoms. The third-order valence-corrected chi connectivity index (χ3v) is 6.99. The van der Waals surface area contributed by atoms with Crippen LogP contribution in [0.4, 0.5) is 5.69 Å². The van der Waals surface area contributed by atoms with Crippen LogP contribution in [0.1, 0.15) is 30.0 Å². The van der Waals surface area contributed by atoms with Crippen molar-refractivity contribution in [1.82, 2.24) is 4.90 Å². The zero-order valence-electron chi connectivity index (χ0n) is 17.6. The van der Waals surface area contributed by atoms with Crippen molar-refractivity contribution in [2.75, 3.05) is 25.1 Å². The highest BCUT2D eigenvalue weighted by Gasteiger charge is 2.43. The number of benzene rings is 3. The van der Waals surface area contributed by atoms with E-state index in [0.29, 0.717) is 18.9 Å². The van der Waals surface area contributed by atoms with Crippen LogP contribution in [-0.2, 0) is 11.2 Å². The first-order valence-corrected chi connectivity index (χ1v) is 10.7. The summed E-state index contributed by atoms with van der Waals surface area (Å²) in [4.78, 5) is 16.2. The molecule has 1 aliphatic heterocycles. The van der Waals surface area contributed by atoms with Crippen molar-refractivity contribution < 1.29 is 9.53 Å². The summed E-state index contributed by atoms with van der Waals surface area (Å²) in [6, 6.07) is 23.2. The van der Waals surface area contributed by atoms with Crippen LogP contribution in [0.2, 0.25) is 0 Å². The third-order valence-electron chi connectivity index (χ3n) is 6.99. The SMILES string of the molecule is COc1ccc(N(C=O)C2(C#N)CCN(C3Cc4cccc5cccc3c45)CC2)cc1. The molecule has 5 rings (SSSR count). The summed E-state index contributed by atoms with van der Waals surface area (Å²) in [5.74, 6) is 0.727. The summed E-state index contributed by atoms with van der Waals surface area (Å²) < 4.78 is 5.22. The van der Waals surface area contributed by atoms with Gasteiger partial charge in [-0.2, -0.15) is 5.26 Å². The Morgan fingerprint density at radius 2 is 1.81 bits per heavy atom. The molecule has 2 aliphatic rings. The van der Waals surface area contributed by atoms with Crippen LogP contribution >= 0.6 is 0 Å². The topological polar surface area (TPSA) is 56.6 Å². The zero-order chi connectivity index (χ0) is 21.4. The Balaban J connectivity index is 1.38. The fourth-order valence-electron chi connectivity index (χ4n) is 5.31. The van der Waals surface area contributed by atoms with Crippen LogP contribution in [0.25, 0.3) is 10.8 Å². The highest BCUT2D eigenvalue weighted by Crippen LogP contribution is 2.42. The van der Waals surface area contributed by atoms with E-state index in [-0.39, 0.29) is 0 Å². The first-order valence-electron chi connectivity index (χ1n) is 10.7. The maximum Gasteiger partial charge on any atom is 0.215 e. The maximum atomic E-state index is 12.1. The lowest BCUT2D eigenvalue weighted by Gasteiger charge is -2.44. The summed E-state index contributed by atoms with van der Waals surface area (Å²) in [5.41, 5.74) is 2.69. The fourth-order valence-corrected chi connectivity index (χ4v) is 5.31. The summed E-state index contributed by atoms with van der Waals surface area (Å²) in [6.45, 7) is 1.56. The number of amides is 1.